The highest BCUT2D eigenvalue weighted by Crippen LogP contribution is 2.54. The van der Waals surface area contributed by atoms with Crippen molar-refractivity contribution in [1.82, 2.24) is 0 Å². The molecule has 0 saturated heterocycles. The highest BCUT2D eigenvalue weighted by Gasteiger charge is 2.53. The summed E-state index contributed by atoms with van der Waals surface area (Å²) in [5.41, 5.74) is -0.881. The third-order valence-corrected chi connectivity index (χ3v) is 6.27. The lowest BCUT2D eigenvalue weighted by atomic mass is 9.56. The zero-order valence-electron chi connectivity index (χ0n) is 13.7. The Bertz CT molecular complexity index is 371. The van der Waals surface area contributed by atoms with Crippen molar-refractivity contribution in [1.29, 1.82) is 5.26 Å². The van der Waals surface area contributed by atoms with E-state index in [0.717, 1.165) is 51.4 Å². The molecule has 0 heterocycles. The molecule has 0 radical (unpaired) electrons. The van der Waals surface area contributed by atoms with Crippen molar-refractivity contribution in [3.8, 4) is 6.07 Å². The molecule has 2 rings (SSSR count). The van der Waals surface area contributed by atoms with Gasteiger partial charge in [-0.3, -0.25) is 0 Å². The van der Waals surface area contributed by atoms with Gasteiger partial charge in [0.15, 0.2) is 0 Å². The Balaban J connectivity index is 2.10. The predicted molar refractivity (Wildman–Crippen MR) is 82.0 cm³/mol. The molecule has 2 aliphatic rings. The van der Waals surface area contributed by atoms with Gasteiger partial charge in [0.2, 0.25) is 0 Å². The molecule has 0 atom stereocenters. The molecule has 0 spiro atoms. The van der Waals surface area contributed by atoms with E-state index in [-0.39, 0.29) is 0 Å². The molecule has 20 heavy (non-hydrogen) atoms. The van der Waals surface area contributed by atoms with Crippen molar-refractivity contribution in [2.24, 2.45) is 22.7 Å². The van der Waals surface area contributed by atoms with Crippen LogP contribution in [0.1, 0.15) is 79.1 Å². The minimum atomic E-state index is -0.732. The van der Waals surface area contributed by atoms with Crippen LogP contribution in [0.2, 0.25) is 0 Å². The van der Waals surface area contributed by atoms with Crippen LogP contribution < -0.4 is 0 Å². The smallest absolute Gasteiger partial charge is 0.0860 e. The molecule has 2 nitrogen and oxygen atoms in total. The third kappa shape index (κ3) is 2.75. The fourth-order valence-electron chi connectivity index (χ4n) is 4.38. The molecule has 0 bridgehead atoms. The average molecular weight is 277 g/mol. The average Bonchev–Trinajstić information content (AvgIpc) is 2.39. The molecule has 0 unspecified atom stereocenters. The maximum absolute atomic E-state index is 11.2. The van der Waals surface area contributed by atoms with E-state index in [1.54, 1.807) is 0 Å². The Kier molecular flexibility index (Phi) is 4.22. The molecular formula is C18H31NO. The summed E-state index contributed by atoms with van der Waals surface area (Å²) >= 11 is 0. The largest absolute Gasteiger partial charge is 0.388 e. The zero-order chi connectivity index (χ0) is 15.0. The second-order valence-corrected chi connectivity index (χ2v) is 8.55. The van der Waals surface area contributed by atoms with E-state index in [1.807, 2.05) is 0 Å². The summed E-state index contributed by atoms with van der Waals surface area (Å²) in [4.78, 5) is 0. The van der Waals surface area contributed by atoms with E-state index in [2.05, 4.69) is 33.8 Å². The lowest BCUT2D eigenvalue weighted by Crippen LogP contribution is -2.52. The predicted octanol–water partition coefficient (Wildman–Crippen LogP) is 4.67. The summed E-state index contributed by atoms with van der Waals surface area (Å²) < 4.78 is 0. The van der Waals surface area contributed by atoms with Gasteiger partial charge in [0.25, 0.3) is 0 Å². The number of aliphatic hydroxyl groups is 1. The van der Waals surface area contributed by atoms with Crippen molar-refractivity contribution < 1.29 is 5.11 Å². The number of nitriles is 1. The molecule has 0 amide bonds. The Labute approximate surface area is 124 Å². The van der Waals surface area contributed by atoms with Crippen LogP contribution in [0.4, 0.5) is 0 Å². The lowest BCUT2D eigenvalue weighted by Gasteiger charge is -2.50. The van der Waals surface area contributed by atoms with Gasteiger partial charge in [-0.1, -0.05) is 27.7 Å². The number of hydrogen-bond acceptors (Lipinski definition) is 2. The van der Waals surface area contributed by atoms with Crippen LogP contribution in [0.5, 0.6) is 0 Å². The number of rotatable bonds is 1. The van der Waals surface area contributed by atoms with E-state index < -0.39 is 11.0 Å². The molecule has 0 aromatic heterocycles. The summed E-state index contributed by atoms with van der Waals surface area (Å²) in [6.45, 7) is 9.15. The SMILES string of the molecule is CC1CCC(C#N)(C2(O)CCC(C(C)(C)C)CC2)CC1. The number of nitrogens with zero attached hydrogens (tertiary/aromatic N) is 1. The van der Waals surface area contributed by atoms with Crippen molar-refractivity contribution >= 4 is 0 Å². The topological polar surface area (TPSA) is 44.0 Å². The van der Waals surface area contributed by atoms with Crippen LogP contribution in [0.3, 0.4) is 0 Å². The van der Waals surface area contributed by atoms with E-state index in [1.165, 1.54) is 0 Å². The molecule has 2 heteroatoms. The van der Waals surface area contributed by atoms with Gasteiger partial charge in [0, 0.05) is 0 Å². The summed E-state index contributed by atoms with van der Waals surface area (Å²) in [5, 5.41) is 21.0. The third-order valence-electron chi connectivity index (χ3n) is 6.27. The highest BCUT2D eigenvalue weighted by molar-refractivity contribution is 5.14. The Morgan fingerprint density at radius 2 is 1.50 bits per heavy atom. The minimum absolute atomic E-state index is 0.322. The molecule has 2 saturated carbocycles. The Hall–Kier alpha value is -0.550. The standard InChI is InChI=1S/C18H31NO/c1-14-5-9-17(13-19,10-6-14)18(20)11-7-15(8-12-18)16(2,3)4/h14-15,20H,5-12H2,1-4H3. The van der Waals surface area contributed by atoms with Crippen molar-refractivity contribution in [2.45, 2.75) is 84.7 Å². The first-order chi connectivity index (χ1) is 9.22. The van der Waals surface area contributed by atoms with Gasteiger partial charge in [-0.25, -0.2) is 0 Å². The van der Waals surface area contributed by atoms with Gasteiger partial charge in [0.1, 0.15) is 0 Å². The maximum Gasteiger partial charge on any atom is 0.0860 e. The molecule has 1 N–H and O–H groups in total. The normalized spacial score (nSPS) is 43.0. The first-order valence-corrected chi connectivity index (χ1v) is 8.36. The van der Waals surface area contributed by atoms with Crippen molar-refractivity contribution in [3.05, 3.63) is 0 Å². The van der Waals surface area contributed by atoms with Gasteiger partial charge in [-0.15, -0.1) is 0 Å². The molecule has 0 aliphatic heterocycles. The molecule has 0 aromatic rings. The van der Waals surface area contributed by atoms with Crippen LogP contribution in [0.15, 0.2) is 0 Å². The fourth-order valence-corrected chi connectivity index (χ4v) is 4.38. The zero-order valence-corrected chi connectivity index (χ0v) is 13.7. The summed E-state index contributed by atoms with van der Waals surface area (Å²) in [5.74, 6) is 1.40. The van der Waals surface area contributed by atoms with E-state index in [4.69, 9.17) is 0 Å². The first-order valence-electron chi connectivity index (χ1n) is 8.36. The molecule has 0 aromatic carbocycles. The number of hydrogen-bond donors (Lipinski definition) is 1. The molecular weight excluding hydrogens is 246 g/mol. The highest BCUT2D eigenvalue weighted by atomic mass is 16.3. The summed E-state index contributed by atoms with van der Waals surface area (Å²) in [7, 11) is 0. The van der Waals surface area contributed by atoms with Crippen molar-refractivity contribution in [2.75, 3.05) is 0 Å². The van der Waals surface area contributed by atoms with Gasteiger partial charge in [-0.05, 0) is 68.6 Å². The second-order valence-electron chi connectivity index (χ2n) is 8.55. The summed E-state index contributed by atoms with van der Waals surface area (Å²) in [6, 6.07) is 2.55. The summed E-state index contributed by atoms with van der Waals surface area (Å²) in [6.07, 6.45) is 7.74. The van der Waals surface area contributed by atoms with Crippen LogP contribution in [0, 0.1) is 34.0 Å². The fraction of sp³-hybridized carbons (Fsp3) is 0.944. The van der Waals surface area contributed by atoms with Gasteiger partial charge >= 0.3 is 0 Å². The Morgan fingerprint density at radius 3 is 1.90 bits per heavy atom. The second kappa shape index (κ2) is 5.34. The van der Waals surface area contributed by atoms with Gasteiger partial charge < -0.3 is 5.11 Å². The van der Waals surface area contributed by atoms with Gasteiger partial charge in [-0.2, -0.15) is 5.26 Å². The van der Waals surface area contributed by atoms with Gasteiger partial charge in [0.05, 0.1) is 17.1 Å². The molecule has 2 aliphatic carbocycles. The van der Waals surface area contributed by atoms with Crippen molar-refractivity contribution in [3.63, 3.8) is 0 Å². The van der Waals surface area contributed by atoms with E-state index in [9.17, 15) is 10.4 Å². The molecule has 114 valence electrons. The molecule has 2 fully saturated rings. The quantitative estimate of drug-likeness (QED) is 0.756. The van der Waals surface area contributed by atoms with E-state index in [0.29, 0.717) is 17.3 Å². The first kappa shape index (κ1) is 15.8. The van der Waals surface area contributed by atoms with Crippen LogP contribution in [-0.4, -0.2) is 10.7 Å². The monoisotopic (exact) mass is 277 g/mol. The van der Waals surface area contributed by atoms with E-state index >= 15 is 0 Å². The maximum atomic E-state index is 11.2. The minimum Gasteiger partial charge on any atom is -0.388 e. The van der Waals surface area contributed by atoms with Crippen LogP contribution >= 0.6 is 0 Å². The van der Waals surface area contributed by atoms with Crippen LogP contribution in [0.25, 0.3) is 0 Å². The Morgan fingerprint density at radius 1 is 1.00 bits per heavy atom. The lowest BCUT2D eigenvalue weighted by molar-refractivity contribution is -0.115. The van der Waals surface area contributed by atoms with Crippen LogP contribution in [-0.2, 0) is 0 Å².